The number of hydrogen-bond donors (Lipinski definition) is 3. The number of urea groups is 1. The Morgan fingerprint density at radius 2 is 2.24 bits per heavy atom. The maximum absolute atomic E-state index is 11.7. The van der Waals surface area contributed by atoms with Crippen molar-refractivity contribution in [3.05, 3.63) is 0 Å². The number of carbonyl (C=O) groups is 1. The predicted octanol–water partition coefficient (Wildman–Crippen LogP) is 2.03. The van der Waals surface area contributed by atoms with Crippen molar-refractivity contribution in [3.8, 4) is 0 Å². The first-order chi connectivity index (χ1) is 8.15. The number of nitrogens with one attached hydrogen (secondary N) is 2. The van der Waals surface area contributed by atoms with Gasteiger partial charge in [0.05, 0.1) is 0 Å². The predicted molar refractivity (Wildman–Crippen MR) is 68.9 cm³/mol. The van der Waals surface area contributed by atoms with Crippen LogP contribution < -0.4 is 10.6 Å². The topological polar surface area (TPSA) is 61.4 Å². The van der Waals surface area contributed by atoms with Crippen molar-refractivity contribution in [3.63, 3.8) is 0 Å². The molecule has 2 unspecified atom stereocenters. The van der Waals surface area contributed by atoms with Gasteiger partial charge >= 0.3 is 6.03 Å². The molecule has 17 heavy (non-hydrogen) atoms. The lowest BCUT2D eigenvalue weighted by atomic mass is 9.84. The van der Waals surface area contributed by atoms with E-state index in [1.54, 1.807) is 0 Å². The van der Waals surface area contributed by atoms with Crippen molar-refractivity contribution in [1.82, 2.24) is 10.6 Å². The summed E-state index contributed by atoms with van der Waals surface area (Å²) in [5.41, 5.74) is 0. The lowest BCUT2D eigenvalue weighted by molar-refractivity contribution is 0.217. The Bertz CT molecular complexity index is 233. The van der Waals surface area contributed by atoms with Gasteiger partial charge in [0.25, 0.3) is 0 Å². The van der Waals surface area contributed by atoms with Crippen LogP contribution in [0.4, 0.5) is 4.79 Å². The Hall–Kier alpha value is -0.770. The fourth-order valence-corrected chi connectivity index (χ4v) is 2.51. The second kappa shape index (κ2) is 7.54. The summed E-state index contributed by atoms with van der Waals surface area (Å²) in [5.74, 6) is 0.768. The van der Waals surface area contributed by atoms with E-state index >= 15 is 0 Å². The van der Waals surface area contributed by atoms with Gasteiger partial charge in [-0.3, -0.25) is 0 Å². The van der Waals surface area contributed by atoms with Crippen molar-refractivity contribution in [2.75, 3.05) is 6.61 Å². The van der Waals surface area contributed by atoms with Crippen LogP contribution >= 0.6 is 0 Å². The van der Waals surface area contributed by atoms with Crippen molar-refractivity contribution >= 4 is 6.03 Å². The third kappa shape index (κ3) is 5.39. The number of aliphatic hydroxyl groups is 1. The molecule has 0 saturated heterocycles. The molecule has 1 saturated carbocycles. The number of amides is 2. The van der Waals surface area contributed by atoms with E-state index < -0.39 is 0 Å². The van der Waals surface area contributed by atoms with E-state index in [4.69, 9.17) is 5.11 Å². The normalized spacial score (nSPS) is 26.3. The molecule has 1 aliphatic carbocycles. The second-order valence-electron chi connectivity index (χ2n) is 5.17. The number of aliphatic hydroxyl groups excluding tert-OH is 1. The number of carbonyl (C=O) groups excluding carboxylic acids is 1. The van der Waals surface area contributed by atoms with Crippen molar-refractivity contribution in [2.45, 2.75) is 64.5 Å². The molecule has 100 valence electrons. The zero-order valence-electron chi connectivity index (χ0n) is 11.0. The van der Waals surface area contributed by atoms with Gasteiger partial charge in [-0.1, -0.05) is 26.2 Å². The fraction of sp³-hybridized carbons (Fsp3) is 0.923. The average Bonchev–Trinajstić information content (AvgIpc) is 2.29. The van der Waals surface area contributed by atoms with E-state index in [2.05, 4.69) is 17.6 Å². The Kier molecular flexibility index (Phi) is 6.34. The van der Waals surface area contributed by atoms with Gasteiger partial charge in [-0.2, -0.15) is 0 Å². The average molecular weight is 242 g/mol. The molecule has 4 heteroatoms. The quantitative estimate of drug-likeness (QED) is 0.690. The van der Waals surface area contributed by atoms with Crippen LogP contribution in [0, 0.1) is 5.92 Å². The van der Waals surface area contributed by atoms with Gasteiger partial charge in [0.1, 0.15) is 0 Å². The summed E-state index contributed by atoms with van der Waals surface area (Å²) in [7, 11) is 0. The lowest BCUT2D eigenvalue weighted by Gasteiger charge is -2.29. The molecule has 3 N–H and O–H groups in total. The third-order valence-corrected chi connectivity index (χ3v) is 3.63. The molecule has 1 rings (SSSR count). The molecule has 0 aromatic rings. The lowest BCUT2D eigenvalue weighted by Crippen LogP contribution is -2.47. The highest BCUT2D eigenvalue weighted by Gasteiger charge is 2.22. The molecule has 0 radical (unpaired) electrons. The molecule has 0 bridgehead atoms. The summed E-state index contributed by atoms with van der Waals surface area (Å²) in [4.78, 5) is 11.7. The number of rotatable bonds is 5. The van der Waals surface area contributed by atoms with Gasteiger partial charge in [0.2, 0.25) is 0 Å². The highest BCUT2D eigenvalue weighted by Crippen LogP contribution is 2.26. The van der Waals surface area contributed by atoms with Crippen LogP contribution in [0.3, 0.4) is 0 Å². The summed E-state index contributed by atoms with van der Waals surface area (Å²) < 4.78 is 0. The van der Waals surface area contributed by atoms with Gasteiger partial charge in [0.15, 0.2) is 0 Å². The summed E-state index contributed by atoms with van der Waals surface area (Å²) in [6.45, 7) is 4.24. The van der Waals surface area contributed by atoms with Gasteiger partial charge < -0.3 is 15.7 Å². The molecule has 0 heterocycles. The molecular formula is C13H26N2O2. The fourth-order valence-electron chi connectivity index (χ4n) is 2.51. The first kappa shape index (κ1) is 14.3. The van der Waals surface area contributed by atoms with E-state index in [1.165, 1.54) is 19.3 Å². The van der Waals surface area contributed by atoms with Gasteiger partial charge in [0, 0.05) is 18.7 Å². The standard InChI is InChI=1S/C13H26N2O2/c1-3-11-5-4-6-12(9-11)15-13(17)14-10(2)7-8-16/h10-12,16H,3-9H2,1-2H3,(H2,14,15,17)/t10-,11?,12?/m1/s1. The molecule has 1 fully saturated rings. The zero-order chi connectivity index (χ0) is 12.7. The molecule has 0 spiro atoms. The monoisotopic (exact) mass is 242 g/mol. The van der Waals surface area contributed by atoms with E-state index in [0.717, 1.165) is 18.8 Å². The minimum Gasteiger partial charge on any atom is -0.396 e. The summed E-state index contributed by atoms with van der Waals surface area (Å²) in [6.07, 6.45) is 6.54. The zero-order valence-corrected chi connectivity index (χ0v) is 11.0. The SMILES string of the molecule is CCC1CCCC(NC(=O)N[C@H](C)CCO)C1. The first-order valence-electron chi connectivity index (χ1n) is 6.83. The molecule has 0 aromatic heterocycles. The molecule has 1 aliphatic rings. The van der Waals surface area contributed by atoms with Gasteiger partial charge in [-0.15, -0.1) is 0 Å². The molecule has 4 nitrogen and oxygen atoms in total. The van der Waals surface area contributed by atoms with Crippen LogP contribution in [-0.2, 0) is 0 Å². The molecule has 0 aromatic carbocycles. The van der Waals surface area contributed by atoms with Gasteiger partial charge in [-0.25, -0.2) is 4.79 Å². The van der Waals surface area contributed by atoms with Crippen LogP contribution in [0.25, 0.3) is 0 Å². The minimum absolute atomic E-state index is 0.0329. The van der Waals surface area contributed by atoms with Crippen molar-refractivity contribution in [2.24, 2.45) is 5.92 Å². The second-order valence-corrected chi connectivity index (χ2v) is 5.17. The molecule has 2 amide bonds. The summed E-state index contributed by atoms with van der Waals surface area (Å²) in [5, 5.41) is 14.7. The highest BCUT2D eigenvalue weighted by molar-refractivity contribution is 5.74. The summed E-state index contributed by atoms with van der Waals surface area (Å²) in [6, 6.07) is 0.272. The maximum atomic E-state index is 11.7. The Morgan fingerprint density at radius 1 is 1.47 bits per heavy atom. The largest absolute Gasteiger partial charge is 0.396 e. The molecule has 3 atom stereocenters. The smallest absolute Gasteiger partial charge is 0.315 e. The highest BCUT2D eigenvalue weighted by atomic mass is 16.3. The number of hydrogen-bond acceptors (Lipinski definition) is 2. The first-order valence-corrected chi connectivity index (χ1v) is 6.83. The van der Waals surface area contributed by atoms with E-state index in [-0.39, 0.29) is 18.7 Å². The molecular weight excluding hydrogens is 216 g/mol. The summed E-state index contributed by atoms with van der Waals surface area (Å²) >= 11 is 0. The van der Waals surface area contributed by atoms with Crippen LogP contribution in [-0.4, -0.2) is 29.8 Å². The van der Waals surface area contributed by atoms with Crippen molar-refractivity contribution in [1.29, 1.82) is 0 Å². The van der Waals surface area contributed by atoms with Gasteiger partial charge in [-0.05, 0) is 32.1 Å². The van der Waals surface area contributed by atoms with E-state index in [1.807, 2.05) is 6.92 Å². The van der Waals surface area contributed by atoms with E-state index in [0.29, 0.717) is 12.5 Å². The maximum Gasteiger partial charge on any atom is 0.315 e. The minimum atomic E-state index is -0.0901. The van der Waals surface area contributed by atoms with E-state index in [9.17, 15) is 4.79 Å². The van der Waals surface area contributed by atoms with Crippen LogP contribution in [0.15, 0.2) is 0 Å². The third-order valence-electron chi connectivity index (χ3n) is 3.63. The Morgan fingerprint density at radius 3 is 2.88 bits per heavy atom. The van der Waals surface area contributed by atoms with Crippen LogP contribution in [0.1, 0.15) is 52.4 Å². The Labute approximate surface area is 104 Å². The van der Waals surface area contributed by atoms with Crippen molar-refractivity contribution < 1.29 is 9.90 Å². The Balaban J connectivity index is 2.25. The van der Waals surface area contributed by atoms with Crippen LogP contribution in [0.2, 0.25) is 0 Å². The molecule has 0 aliphatic heterocycles. The van der Waals surface area contributed by atoms with Crippen LogP contribution in [0.5, 0.6) is 0 Å².